The van der Waals surface area contributed by atoms with Gasteiger partial charge in [-0.1, -0.05) is 43.1 Å². The topological polar surface area (TPSA) is 153 Å². The SMILES string of the molecule is CCCCOP(=O)(CS(=O)(=O)C[C@H]1O[C@@H](n2ncc3c(NCc4ccccc4Cl)nc(Cl)nc32)[C@@H]2OC(C)(C)O[C@@H]21)OC(C)(C)C. The molecular weight excluding hydrogens is 680 g/mol. The van der Waals surface area contributed by atoms with Crippen LogP contribution >= 0.6 is 30.8 Å². The van der Waals surface area contributed by atoms with Gasteiger partial charge in [0.1, 0.15) is 24.1 Å². The Labute approximate surface area is 279 Å². The first-order chi connectivity index (χ1) is 21.5. The zero-order valence-electron chi connectivity index (χ0n) is 26.6. The Morgan fingerprint density at radius 3 is 2.54 bits per heavy atom. The Balaban J connectivity index is 1.40. The average molecular weight is 721 g/mol. The van der Waals surface area contributed by atoms with E-state index in [0.717, 1.165) is 12.0 Å². The number of aromatic nitrogens is 4. The van der Waals surface area contributed by atoms with Gasteiger partial charge in [-0.2, -0.15) is 15.1 Å². The van der Waals surface area contributed by atoms with Gasteiger partial charge in [-0.3, -0.25) is 4.57 Å². The fourth-order valence-electron chi connectivity index (χ4n) is 5.43. The number of ether oxygens (including phenoxy) is 3. The Morgan fingerprint density at radius 2 is 1.85 bits per heavy atom. The van der Waals surface area contributed by atoms with Crippen molar-refractivity contribution < 1.29 is 36.2 Å². The van der Waals surface area contributed by atoms with Gasteiger partial charge in [0, 0.05) is 11.6 Å². The van der Waals surface area contributed by atoms with Gasteiger partial charge < -0.3 is 28.6 Å². The first-order valence-electron chi connectivity index (χ1n) is 15.0. The van der Waals surface area contributed by atoms with E-state index in [1.54, 1.807) is 46.9 Å². The van der Waals surface area contributed by atoms with Crippen LogP contribution in [0.25, 0.3) is 11.0 Å². The van der Waals surface area contributed by atoms with Crippen molar-refractivity contribution in [3.05, 3.63) is 46.3 Å². The molecule has 1 aromatic carbocycles. The number of nitrogens with zero attached hydrogens (tertiary/aromatic N) is 4. The molecule has 254 valence electrons. The molecule has 17 heteroatoms. The molecule has 0 radical (unpaired) electrons. The zero-order chi connectivity index (χ0) is 33.5. The van der Waals surface area contributed by atoms with Crippen molar-refractivity contribution in [3.8, 4) is 0 Å². The molecule has 1 N–H and O–H groups in total. The van der Waals surface area contributed by atoms with E-state index in [1.165, 1.54) is 4.68 Å². The molecule has 4 heterocycles. The molecule has 2 fully saturated rings. The molecule has 0 saturated carbocycles. The van der Waals surface area contributed by atoms with E-state index in [4.69, 9.17) is 46.5 Å². The highest BCUT2D eigenvalue weighted by atomic mass is 35.5. The number of anilines is 1. The molecular formula is C29H40Cl2N5O8PS. The van der Waals surface area contributed by atoms with Crippen molar-refractivity contribution in [3.63, 3.8) is 0 Å². The molecule has 0 spiro atoms. The van der Waals surface area contributed by atoms with Gasteiger partial charge in [-0.15, -0.1) is 0 Å². The maximum atomic E-state index is 13.7. The Morgan fingerprint density at radius 1 is 1.13 bits per heavy atom. The summed E-state index contributed by atoms with van der Waals surface area (Å²) in [5.41, 5.74) is -0.497. The Bertz CT molecular complexity index is 1720. The Hall–Kier alpha value is -1.87. The average Bonchev–Trinajstić information content (AvgIpc) is 3.57. The second kappa shape index (κ2) is 13.6. The number of halogens is 2. The summed E-state index contributed by atoms with van der Waals surface area (Å²) in [4.78, 5) is 8.75. The summed E-state index contributed by atoms with van der Waals surface area (Å²) < 4.78 is 72.3. The van der Waals surface area contributed by atoms with Crippen molar-refractivity contribution in [2.45, 2.75) is 96.9 Å². The lowest BCUT2D eigenvalue weighted by molar-refractivity contribution is -0.195. The van der Waals surface area contributed by atoms with Crippen LogP contribution in [0.2, 0.25) is 10.3 Å². The first kappa shape index (κ1) is 35.4. The molecule has 0 bridgehead atoms. The zero-order valence-corrected chi connectivity index (χ0v) is 29.8. The van der Waals surface area contributed by atoms with Gasteiger partial charge in [-0.25, -0.2) is 13.1 Å². The first-order valence-corrected chi connectivity index (χ1v) is 19.3. The number of benzene rings is 1. The van der Waals surface area contributed by atoms with Gasteiger partial charge >= 0.3 is 7.60 Å². The fraction of sp³-hybridized carbons (Fsp3) is 0.621. The minimum Gasteiger partial charge on any atom is -0.365 e. The smallest absolute Gasteiger partial charge is 0.346 e. The molecule has 0 amide bonds. The third-order valence-corrected chi connectivity index (χ3v) is 12.8. The number of rotatable bonds is 13. The van der Waals surface area contributed by atoms with E-state index in [0.29, 0.717) is 34.8 Å². The lowest BCUT2D eigenvalue weighted by Crippen LogP contribution is -2.36. The normalized spacial score (nSPS) is 24.3. The molecule has 2 saturated heterocycles. The molecule has 0 aliphatic carbocycles. The van der Waals surface area contributed by atoms with E-state index >= 15 is 0 Å². The van der Waals surface area contributed by atoms with E-state index < -0.39 is 64.6 Å². The molecule has 2 aliphatic rings. The van der Waals surface area contributed by atoms with Crippen molar-refractivity contribution in [1.82, 2.24) is 19.7 Å². The van der Waals surface area contributed by atoms with Crippen LogP contribution < -0.4 is 5.32 Å². The molecule has 46 heavy (non-hydrogen) atoms. The summed E-state index contributed by atoms with van der Waals surface area (Å²) in [6.45, 7) is 11.0. The largest absolute Gasteiger partial charge is 0.365 e. The van der Waals surface area contributed by atoms with Crippen LogP contribution in [0, 0.1) is 0 Å². The van der Waals surface area contributed by atoms with Crippen molar-refractivity contribution in [1.29, 1.82) is 0 Å². The maximum Gasteiger partial charge on any atom is 0.346 e. The molecule has 1 unspecified atom stereocenters. The summed E-state index contributed by atoms with van der Waals surface area (Å²) in [5, 5.41) is 8.89. The minimum absolute atomic E-state index is 0.0359. The summed E-state index contributed by atoms with van der Waals surface area (Å²) >= 11 is 12.7. The predicted octanol–water partition coefficient (Wildman–Crippen LogP) is 6.36. The van der Waals surface area contributed by atoms with Crippen LogP contribution in [-0.4, -0.2) is 75.7 Å². The Kier molecular flexibility index (Phi) is 10.4. The number of hydrogen-bond donors (Lipinski definition) is 1. The van der Waals surface area contributed by atoms with Crippen LogP contribution in [0.1, 0.15) is 66.2 Å². The van der Waals surface area contributed by atoms with E-state index in [2.05, 4.69) is 20.4 Å². The summed E-state index contributed by atoms with van der Waals surface area (Å²) in [5.74, 6) is -1.13. The molecule has 2 aliphatic heterocycles. The lowest BCUT2D eigenvalue weighted by atomic mass is 10.1. The highest BCUT2D eigenvalue weighted by Gasteiger charge is 2.57. The number of sulfone groups is 1. The third kappa shape index (κ3) is 8.40. The standard InChI is InChI=1S/C29H40Cl2N5O8PS/c1-7-8-13-40-45(37,44-28(2,3)4)17-46(38,39)16-21-22-23(43-29(5,6)42-22)26(41-21)36-25-19(15-33-36)24(34-27(31)35-25)32-14-18-11-9-10-12-20(18)30/h9-12,15,21-23,26H,7-8,13-14,16-17H2,1-6H3,(H,32,34,35)/t21-,22-,23-,26-,45?/m1/s1. The van der Waals surface area contributed by atoms with Gasteiger partial charge in [0.05, 0.1) is 29.5 Å². The molecule has 5 atom stereocenters. The summed E-state index contributed by atoms with van der Waals surface area (Å²) in [7, 11) is -8.09. The maximum absolute atomic E-state index is 13.7. The quantitative estimate of drug-likeness (QED) is 0.119. The molecule has 5 rings (SSSR count). The van der Waals surface area contributed by atoms with Crippen molar-refractivity contribution in [2.24, 2.45) is 0 Å². The lowest BCUT2D eigenvalue weighted by Gasteiger charge is -2.28. The number of nitrogens with one attached hydrogen (secondary N) is 1. The van der Waals surface area contributed by atoms with Gasteiger partial charge in [0.2, 0.25) is 5.28 Å². The summed E-state index contributed by atoms with van der Waals surface area (Å²) in [6.07, 6.45) is -0.485. The molecule has 3 aromatic rings. The van der Waals surface area contributed by atoms with Gasteiger partial charge in [-0.05, 0) is 64.3 Å². The van der Waals surface area contributed by atoms with Crippen LogP contribution in [0.15, 0.2) is 30.5 Å². The van der Waals surface area contributed by atoms with Crippen molar-refractivity contribution in [2.75, 3.05) is 23.2 Å². The number of hydrogen-bond acceptors (Lipinski definition) is 12. The minimum atomic E-state index is -4.06. The van der Waals surface area contributed by atoms with Crippen LogP contribution in [-0.2, 0) is 44.2 Å². The number of unbranched alkanes of at least 4 members (excludes halogenated alkanes) is 1. The predicted molar refractivity (Wildman–Crippen MR) is 175 cm³/mol. The van der Waals surface area contributed by atoms with Gasteiger partial charge in [0.15, 0.2) is 33.0 Å². The molecule has 2 aromatic heterocycles. The van der Waals surface area contributed by atoms with E-state index in [1.807, 2.05) is 25.1 Å². The van der Waals surface area contributed by atoms with Crippen LogP contribution in [0.3, 0.4) is 0 Å². The third-order valence-electron chi connectivity index (χ3n) is 7.17. The fourth-order valence-corrected chi connectivity index (χ4v) is 10.7. The van der Waals surface area contributed by atoms with Crippen LogP contribution in [0.5, 0.6) is 0 Å². The van der Waals surface area contributed by atoms with Crippen molar-refractivity contribution >= 4 is 57.5 Å². The molecule has 13 nitrogen and oxygen atoms in total. The summed E-state index contributed by atoms with van der Waals surface area (Å²) in [6, 6.07) is 7.42. The van der Waals surface area contributed by atoms with Crippen LogP contribution in [0.4, 0.5) is 5.82 Å². The highest BCUT2D eigenvalue weighted by Crippen LogP contribution is 2.53. The van der Waals surface area contributed by atoms with E-state index in [9.17, 15) is 13.0 Å². The van der Waals surface area contributed by atoms with E-state index in [-0.39, 0.29) is 11.9 Å². The number of fused-ring (bicyclic) bond motifs is 2. The second-order valence-corrected chi connectivity index (χ2v) is 18.0. The second-order valence-electron chi connectivity index (χ2n) is 12.8. The van der Waals surface area contributed by atoms with Gasteiger partial charge in [0.25, 0.3) is 0 Å². The highest BCUT2D eigenvalue weighted by molar-refractivity contribution is 7.97. The monoisotopic (exact) mass is 719 g/mol.